The average Bonchev–Trinajstić information content (AvgIpc) is 2.86. The molecule has 0 atom stereocenters. The molecule has 3 aromatic rings. The summed E-state index contributed by atoms with van der Waals surface area (Å²) in [6.07, 6.45) is 4.63. The minimum atomic E-state index is -0.488. The summed E-state index contributed by atoms with van der Waals surface area (Å²) in [5.41, 5.74) is 1.74. The van der Waals surface area contributed by atoms with Crippen LogP contribution in [0.4, 0.5) is 21.8 Å². The van der Waals surface area contributed by atoms with Crippen molar-refractivity contribution in [3.63, 3.8) is 0 Å². The summed E-state index contributed by atoms with van der Waals surface area (Å²) < 4.78 is 13.5. The topological polar surface area (TPSA) is 99.2 Å². The molecule has 2 fully saturated rings. The quantitative estimate of drug-likeness (QED) is 0.600. The van der Waals surface area contributed by atoms with Crippen LogP contribution in [0.2, 0.25) is 5.02 Å². The number of nitrogens with one attached hydrogen (secondary N) is 2. The van der Waals surface area contributed by atoms with E-state index in [1.54, 1.807) is 12.3 Å². The number of benzene rings is 1. The Labute approximate surface area is 195 Å². The van der Waals surface area contributed by atoms with Crippen LogP contribution >= 0.6 is 11.6 Å². The number of carbonyl (C=O) groups excluding carboxylic acids is 1. The Morgan fingerprint density at radius 1 is 1.12 bits per heavy atom. The highest BCUT2D eigenvalue weighted by atomic mass is 35.5. The van der Waals surface area contributed by atoms with Crippen molar-refractivity contribution in [3.05, 3.63) is 41.6 Å². The summed E-state index contributed by atoms with van der Waals surface area (Å²) in [4.78, 5) is 34.6. The molecule has 2 aliphatic heterocycles. The molecule has 9 nitrogen and oxygen atoms in total. The van der Waals surface area contributed by atoms with E-state index in [4.69, 9.17) is 16.6 Å². The number of fused-ring (bicyclic) bond motifs is 1. The van der Waals surface area contributed by atoms with Crippen molar-refractivity contribution in [2.45, 2.75) is 12.8 Å². The molecule has 5 rings (SSSR count). The van der Waals surface area contributed by atoms with E-state index < -0.39 is 5.82 Å². The van der Waals surface area contributed by atoms with Gasteiger partial charge >= 0.3 is 0 Å². The first-order valence-electron chi connectivity index (χ1n) is 11.0. The third kappa shape index (κ3) is 4.67. The SMILES string of the molecule is O=C(C1CCN(c2ncc3ncnc(Nc4ccc(F)c(Cl)c4)c3n2)CC1)N1CCNCC1. The van der Waals surface area contributed by atoms with E-state index in [-0.39, 0.29) is 16.8 Å². The number of nitrogens with zero attached hydrogens (tertiary/aromatic N) is 6. The molecule has 4 heterocycles. The first-order chi connectivity index (χ1) is 16.1. The lowest BCUT2D eigenvalue weighted by atomic mass is 9.95. The number of carbonyl (C=O) groups is 1. The first-order valence-corrected chi connectivity index (χ1v) is 11.4. The third-order valence-corrected chi connectivity index (χ3v) is 6.39. The molecule has 2 aliphatic rings. The zero-order chi connectivity index (χ0) is 22.8. The second-order valence-corrected chi connectivity index (χ2v) is 8.62. The van der Waals surface area contributed by atoms with Gasteiger partial charge in [-0.05, 0) is 31.0 Å². The van der Waals surface area contributed by atoms with Crippen molar-refractivity contribution in [1.82, 2.24) is 30.2 Å². The number of anilines is 3. The van der Waals surface area contributed by atoms with Gasteiger partial charge in [0, 0.05) is 50.9 Å². The fourth-order valence-corrected chi connectivity index (χ4v) is 4.45. The van der Waals surface area contributed by atoms with Crippen molar-refractivity contribution < 1.29 is 9.18 Å². The van der Waals surface area contributed by atoms with Crippen molar-refractivity contribution in [2.75, 3.05) is 49.5 Å². The fourth-order valence-electron chi connectivity index (χ4n) is 4.27. The Bertz CT molecular complexity index is 1160. The standard InChI is InChI=1S/C22H24ClFN8O/c23-16-11-15(1-2-17(16)24)29-20-19-18(27-13-28-20)12-26-22(30-19)32-7-3-14(4-8-32)21(33)31-9-5-25-6-10-31/h1-2,11-14,25H,3-10H2,(H,27,28,29). The maximum Gasteiger partial charge on any atom is 0.226 e. The summed E-state index contributed by atoms with van der Waals surface area (Å²) in [5, 5.41) is 6.44. The number of halogens is 2. The molecule has 0 unspecified atom stereocenters. The largest absolute Gasteiger partial charge is 0.341 e. The zero-order valence-electron chi connectivity index (χ0n) is 18.0. The summed E-state index contributed by atoms with van der Waals surface area (Å²) in [6.45, 7) is 4.69. The van der Waals surface area contributed by atoms with E-state index in [9.17, 15) is 9.18 Å². The number of hydrogen-bond acceptors (Lipinski definition) is 8. The van der Waals surface area contributed by atoms with Gasteiger partial charge in [0.2, 0.25) is 11.9 Å². The Kier molecular flexibility index (Phi) is 6.19. The van der Waals surface area contributed by atoms with Crippen LogP contribution in [0.3, 0.4) is 0 Å². The molecule has 172 valence electrons. The van der Waals surface area contributed by atoms with Crippen molar-refractivity contribution in [2.24, 2.45) is 5.92 Å². The molecule has 0 spiro atoms. The molecule has 0 bridgehead atoms. The Morgan fingerprint density at radius 2 is 1.91 bits per heavy atom. The zero-order valence-corrected chi connectivity index (χ0v) is 18.7. The Hall–Kier alpha value is -3.11. The van der Waals surface area contributed by atoms with E-state index in [2.05, 4.69) is 30.5 Å². The van der Waals surface area contributed by atoms with Crippen molar-refractivity contribution >= 4 is 46.0 Å². The van der Waals surface area contributed by atoms with Gasteiger partial charge < -0.3 is 20.4 Å². The molecule has 2 saturated heterocycles. The molecule has 2 N–H and O–H groups in total. The molecule has 11 heteroatoms. The van der Waals surface area contributed by atoms with Gasteiger partial charge in [-0.25, -0.2) is 24.3 Å². The highest BCUT2D eigenvalue weighted by Gasteiger charge is 2.30. The lowest BCUT2D eigenvalue weighted by Gasteiger charge is -2.35. The lowest BCUT2D eigenvalue weighted by molar-refractivity contribution is -0.136. The van der Waals surface area contributed by atoms with Crippen LogP contribution in [0, 0.1) is 11.7 Å². The van der Waals surface area contributed by atoms with Crippen LogP contribution in [0.25, 0.3) is 11.0 Å². The second-order valence-electron chi connectivity index (χ2n) is 8.22. The maximum absolute atomic E-state index is 13.5. The third-order valence-electron chi connectivity index (χ3n) is 6.10. The highest BCUT2D eigenvalue weighted by molar-refractivity contribution is 6.31. The minimum Gasteiger partial charge on any atom is -0.341 e. The van der Waals surface area contributed by atoms with Gasteiger partial charge in [0.15, 0.2) is 5.82 Å². The molecular formula is C22H24ClFN8O. The van der Waals surface area contributed by atoms with Gasteiger partial charge in [-0.1, -0.05) is 11.6 Å². The predicted molar refractivity (Wildman–Crippen MR) is 124 cm³/mol. The first kappa shape index (κ1) is 21.7. The van der Waals surface area contributed by atoms with Crippen LogP contribution in [-0.2, 0) is 4.79 Å². The van der Waals surface area contributed by atoms with Gasteiger partial charge in [-0.2, -0.15) is 0 Å². The van der Waals surface area contributed by atoms with Gasteiger partial charge in [0.05, 0.1) is 11.2 Å². The average molecular weight is 471 g/mol. The van der Waals surface area contributed by atoms with E-state index in [0.717, 1.165) is 39.0 Å². The molecule has 0 radical (unpaired) electrons. The maximum atomic E-state index is 13.5. The van der Waals surface area contributed by atoms with Crippen LogP contribution in [0.5, 0.6) is 0 Å². The van der Waals surface area contributed by atoms with E-state index >= 15 is 0 Å². The van der Waals surface area contributed by atoms with Crippen LogP contribution in [-0.4, -0.2) is 70.0 Å². The summed E-state index contributed by atoms with van der Waals surface area (Å²) in [5.74, 6) is 0.871. The van der Waals surface area contributed by atoms with Crippen LogP contribution in [0.15, 0.2) is 30.7 Å². The van der Waals surface area contributed by atoms with Crippen molar-refractivity contribution in [3.8, 4) is 0 Å². The van der Waals surface area contributed by atoms with Gasteiger partial charge in [0.1, 0.15) is 23.2 Å². The number of rotatable bonds is 4. The van der Waals surface area contributed by atoms with Crippen LogP contribution in [0.1, 0.15) is 12.8 Å². The Balaban J connectivity index is 1.31. The number of amides is 1. The molecule has 0 saturated carbocycles. The van der Waals surface area contributed by atoms with Crippen molar-refractivity contribution in [1.29, 1.82) is 0 Å². The van der Waals surface area contributed by atoms with E-state index in [1.165, 1.54) is 18.5 Å². The molecule has 1 amide bonds. The summed E-state index contributed by atoms with van der Waals surface area (Å²) in [7, 11) is 0. The molecular weight excluding hydrogens is 447 g/mol. The summed E-state index contributed by atoms with van der Waals surface area (Å²) in [6, 6.07) is 4.37. The van der Waals surface area contributed by atoms with E-state index in [1.807, 2.05) is 4.90 Å². The summed E-state index contributed by atoms with van der Waals surface area (Å²) >= 11 is 5.90. The minimum absolute atomic E-state index is 0.0203. The monoisotopic (exact) mass is 470 g/mol. The smallest absolute Gasteiger partial charge is 0.226 e. The number of piperazine rings is 1. The van der Waals surface area contributed by atoms with Crippen LogP contribution < -0.4 is 15.5 Å². The van der Waals surface area contributed by atoms with Gasteiger partial charge in [0.25, 0.3) is 0 Å². The lowest BCUT2D eigenvalue weighted by Crippen LogP contribution is -2.50. The number of aromatic nitrogens is 4. The van der Waals surface area contributed by atoms with E-state index in [0.29, 0.717) is 41.6 Å². The second kappa shape index (κ2) is 9.40. The molecule has 0 aliphatic carbocycles. The molecule has 2 aromatic heterocycles. The normalized spacial score (nSPS) is 17.4. The van der Waals surface area contributed by atoms with Gasteiger partial charge in [-0.15, -0.1) is 0 Å². The predicted octanol–water partition coefficient (Wildman–Crippen LogP) is 2.60. The molecule has 33 heavy (non-hydrogen) atoms. The number of piperidine rings is 1. The van der Waals surface area contributed by atoms with Gasteiger partial charge in [-0.3, -0.25) is 4.79 Å². The fraction of sp³-hybridized carbons (Fsp3) is 0.409. The highest BCUT2D eigenvalue weighted by Crippen LogP contribution is 2.27. The number of hydrogen-bond donors (Lipinski definition) is 2. The Morgan fingerprint density at radius 3 is 2.67 bits per heavy atom. The molecule has 1 aromatic carbocycles.